The summed E-state index contributed by atoms with van der Waals surface area (Å²) in [5, 5.41) is 13.0. The molecule has 2 fully saturated rings. The third-order valence-corrected chi connectivity index (χ3v) is 7.06. The molecule has 5 heterocycles. The molecule has 2 aliphatic heterocycles. The number of hydrogen-bond acceptors (Lipinski definition) is 6. The van der Waals surface area contributed by atoms with Crippen molar-refractivity contribution in [3.8, 4) is 11.1 Å². The van der Waals surface area contributed by atoms with Gasteiger partial charge in [-0.15, -0.1) is 0 Å². The molecule has 1 aromatic carbocycles. The third-order valence-electron chi connectivity index (χ3n) is 7.06. The average Bonchev–Trinajstić information content (AvgIpc) is 3.33. The number of anilines is 2. The molecule has 0 amide bonds. The number of piperidine rings is 1. The van der Waals surface area contributed by atoms with Gasteiger partial charge in [-0.2, -0.15) is 5.10 Å². The van der Waals surface area contributed by atoms with Gasteiger partial charge in [-0.05, 0) is 66.7 Å². The van der Waals surface area contributed by atoms with Crippen LogP contribution in [0.1, 0.15) is 18.4 Å². The molecule has 6 rings (SSSR count). The Morgan fingerprint density at radius 3 is 2.54 bits per heavy atom. The van der Waals surface area contributed by atoms with Gasteiger partial charge in [0.15, 0.2) is 0 Å². The van der Waals surface area contributed by atoms with Crippen LogP contribution in [0, 0.1) is 5.41 Å². The van der Waals surface area contributed by atoms with Gasteiger partial charge >= 0.3 is 0 Å². The predicted octanol–water partition coefficient (Wildman–Crippen LogP) is 4.59. The van der Waals surface area contributed by atoms with Crippen LogP contribution in [0.15, 0.2) is 67.8 Å². The number of fused-ring (bicyclic) bond motifs is 1. The highest BCUT2D eigenvalue weighted by atomic mass is 15.3. The van der Waals surface area contributed by atoms with Crippen molar-refractivity contribution in [3.05, 3.63) is 73.3 Å². The van der Waals surface area contributed by atoms with E-state index in [-0.39, 0.29) is 0 Å². The first-order valence-corrected chi connectivity index (χ1v) is 12.2. The minimum atomic E-state index is 0.567. The van der Waals surface area contributed by atoms with Gasteiger partial charge < -0.3 is 15.5 Å². The first-order chi connectivity index (χ1) is 17.1. The van der Waals surface area contributed by atoms with Crippen molar-refractivity contribution >= 4 is 28.5 Å². The van der Waals surface area contributed by atoms with Gasteiger partial charge in [-0.1, -0.05) is 24.8 Å². The lowest BCUT2D eigenvalue weighted by Gasteiger charge is -2.53. The fraction of sp³-hybridized carbons (Fsp3) is 0.321. The highest BCUT2D eigenvalue weighted by Crippen LogP contribution is 2.40. The van der Waals surface area contributed by atoms with Crippen LogP contribution in [0.4, 0.5) is 11.6 Å². The van der Waals surface area contributed by atoms with Crippen LogP contribution in [-0.2, 0) is 7.05 Å². The van der Waals surface area contributed by atoms with Crippen molar-refractivity contribution in [2.24, 2.45) is 12.5 Å². The second kappa shape index (κ2) is 9.88. The summed E-state index contributed by atoms with van der Waals surface area (Å²) in [6.45, 7) is 8.49. The summed E-state index contributed by atoms with van der Waals surface area (Å²) in [6, 6.07) is 12.5. The monoisotopic (exact) mass is 467 g/mol. The summed E-state index contributed by atoms with van der Waals surface area (Å²) in [6.07, 6.45) is 12.1. The standard InChI is InChI=1S/C14H14N4.C14H19N3/c1-15-14-6-12-5-10(3-4-11(12)7-16-14)13-8-17-18(2)9-13;1-2-12-3-6-16-13(9-12)17-10-14(11-17)4-7-15-8-5-14/h3-9H,1-2H3,(H,15,16);2-3,6,9,15H,1,4-5,7-8,10-11H2. The Hall–Kier alpha value is -3.71. The zero-order chi connectivity index (χ0) is 24.3. The second-order valence-corrected chi connectivity index (χ2v) is 9.54. The zero-order valence-corrected chi connectivity index (χ0v) is 20.5. The summed E-state index contributed by atoms with van der Waals surface area (Å²) in [4.78, 5) is 11.1. The first kappa shape index (κ1) is 23.1. The summed E-state index contributed by atoms with van der Waals surface area (Å²) in [7, 11) is 3.80. The minimum absolute atomic E-state index is 0.567. The molecule has 0 aliphatic carbocycles. The Kier molecular flexibility index (Phi) is 6.51. The maximum Gasteiger partial charge on any atom is 0.129 e. The van der Waals surface area contributed by atoms with E-state index in [4.69, 9.17) is 0 Å². The molecule has 2 N–H and O–H groups in total. The Labute approximate surface area is 206 Å². The molecule has 2 saturated heterocycles. The van der Waals surface area contributed by atoms with E-state index in [1.165, 1.54) is 50.0 Å². The molecule has 1 spiro atoms. The van der Waals surface area contributed by atoms with Gasteiger partial charge in [0.1, 0.15) is 11.6 Å². The SMILES string of the molecule is C=Cc1ccnc(N2CC3(CCNCC3)C2)c1.CNc1cc2cc(-c3cnn(C)c3)ccc2cn1. The largest absolute Gasteiger partial charge is 0.373 e. The molecule has 7 nitrogen and oxygen atoms in total. The lowest BCUT2D eigenvalue weighted by Crippen LogP contribution is -2.60. The maximum absolute atomic E-state index is 4.45. The molecule has 2 aliphatic rings. The number of benzene rings is 1. The normalized spacial score (nSPS) is 16.3. The number of nitrogens with zero attached hydrogens (tertiary/aromatic N) is 5. The molecule has 35 heavy (non-hydrogen) atoms. The van der Waals surface area contributed by atoms with E-state index in [9.17, 15) is 0 Å². The second-order valence-electron chi connectivity index (χ2n) is 9.54. The summed E-state index contributed by atoms with van der Waals surface area (Å²) >= 11 is 0. The maximum atomic E-state index is 4.45. The van der Waals surface area contributed by atoms with Gasteiger partial charge in [0, 0.05) is 62.1 Å². The van der Waals surface area contributed by atoms with Crippen LogP contribution < -0.4 is 15.5 Å². The number of pyridine rings is 2. The van der Waals surface area contributed by atoms with E-state index in [1.54, 1.807) is 0 Å². The van der Waals surface area contributed by atoms with E-state index in [1.807, 2.05) is 55.7 Å². The zero-order valence-electron chi connectivity index (χ0n) is 20.5. The Morgan fingerprint density at radius 1 is 1.00 bits per heavy atom. The van der Waals surface area contributed by atoms with Crippen LogP contribution in [0.5, 0.6) is 0 Å². The van der Waals surface area contributed by atoms with E-state index < -0.39 is 0 Å². The summed E-state index contributed by atoms with van der Waals surface area (Å²) < 4.78 is 1.81. The van der Waals surface area contributed by atoms with E-state index in [0.717, 1.165) is 28.1 Å². The van der Waals surface area contributed by atoms with Crippen LogP contribution in [-0.4, -0.2) is 53.0 Å². The van der Waals surface area contributed by atoms with Crippen LogP contribution >= 0.6 is 0 Å². The molecule has 3 aromatic heterocycles. The predicted molar refractivity (Wildman–Crippen MR) is 145 cm³/mol. The Bertz CT molecular complexity index is 1310. The topological polar surface area (TPSA) is 70.9 Å². The van der Waals surface area contributed by atoms with Gasteiger partial charge in [0.05, 0.1) is 6.20 Å². The number of aromatic nitrogens is 4. The molecule has 180 valence electrons. The third kappa shape index (κ3) is 5.05. The fourth-order valence-electron chi connectivity index (χ4n) is 4.96. The molecule has 0 radical (unpaired) electrons. The van der Waals surface area contributed by atoms with Gasteiger partial charge in [-0.25, -0.2) is 9.97 Å². The van der Waals surface area contributed by atoms with E-state index in [0.29, 0.717) is 5.41 Å². The van der Waals surface area contributed by atoms with Crippen molar-refractivity contribution in [1.82, 2.24) is 25.1 Å². The Morgan fingerprint density at radius 2 is 1.83 bits per heavy atom. The Balaban J connectivity index is 0.000000145. The van der Waals surface area contributed by atoms with Gasteiger partial charge in [0.2, 0.25) is 0 Å². The van der Waals surface area contributed by atoms with Crippen LogP contribution in [0.25, 0.3) is 28.0 Å². The molecule has 0 bridgehead atoms. The highest BCUT2D eigenvalue weighted by molar-refractivity contribution is 5.88. The number of rotatable bonds is 4. The summed E-state index contributed by atoms with van der Waals surface area (Å²) in [5.74, 6) is 1.98. The number of nitrogens with one attached hydrogen (secondary N) is 2. The minimum Gasteiger partial charge on any atom is -0.373 e. The molecule has 0 atom stereocenters. The van der Waals surface area contributed by atoms with Crippen molar-refractivity contribution < 1.29 is 0 Å². The lowest BCUT2D eigenvalue weighted by molar-refractivity contribution is 0.149. The molecule has 0 unspecified atom stereocenters. The molecule has 4 aromatic rings. The average molecular weight is 468 g/mol. The van der Waals surface area contributed by atoms with E-state index in [2.05, 4.69) is 67.5 Å². The first-order valence-electron chi connectivity index (χ1n) is 12.2. The quantitative estimate of drug-likeness (QED) is 0.457. The fourth-order valence-corrected chi connectivity index (χ4v) is 4.96. The van der Waals surface area contributed by atoms with Crippen molar-refractivity contribution in [2.75, 3.05) is 43.4 Å². The van der Waals surface area contributed by atoms with Gasteiger partial charge in [-0.3, -0.25) is 4.68 Å². The molecule has 7 heteroatoms. The van der Waals surface area contributed by atoms with Crippen molar-refractivity contribution in [3.63, 3.8) is 0 Å². The molecular formula is C28H33N7. The number of aryl methyl sites for hydroxylation is 1. The van der Waals surface area contributed by atoms with Crippen molar-refractivity contribution in [2.45, 2.75) is 12.8 Å². The summed E-state index contributed by atoms with van der Waals surface area (Å²) in [5.41, 5.74) is 4.02. The highest BCUT2D eigenvalue weighted by Gasteiger charge is 2.43. The van der Waals surface area contributed by atoms with Crippen molar-refractivity contribution in [1.29, 1.82) is 0 Å². The number of hydrogen-bond donors (Lipinski definition) is 2. The van der Waals surface area contributed by atoms with Gasteiger partial charge in [0.25, 0.3) is 0 Å². The van der Waals surface area contributed by atoms with Crippen LogP contribution in [0.2, 0.25) is 0 Å². The van der Waals surface area contributed by atoms with E-state index >= 15 is 0 Å². The lowest BCUT2D eigenvalue weighted by atomic mass is 9.72. The molecular weight excluding hydrogens is 434 g/mol. The van der Waals surface area contributed by atoms with Crippen LogP contribution in [0.3, 0.4) is 0 Å². The smallest absolute Gasteiger partial charge is 0.129 e. The molecule has 0 saturated carbocycles.